The number of hydrogen-bond donors (Lipinski definition) is 2. The summed E-state index contributed by atoms with van der Waals surface area (Å²) in [5.41, 5.74) is 0. The summed E-state index contributed by atoms with van der Waals surface area (Å²) in [5.74, 6) is -0.374. The third kappa shape index (κ3) is 5.02. The topological polar surface area (TPSA) is 69.6 Å². The van der Waals surface area contributed by atoms with Crippen LogP contribution in [-0.2, 0) is 4.79 Å². The van der Waals surface area contributed by atoms with Gasteiger partial charge in [0.15, 0.2) is 0 Å². The number of rotatable bonds is 5. The summed E-state index contributed by atoms with van der Waals surface area (Å²) in [4.78, 5) is 25.1. The highest BCUT2D eigenvalue weighted by Gasteiger charge is 2.27. The van der Waals surface area contributed by atoms with Gasteiger partial charge in [0.25, 0.3) is 0 Å². The van der Waals surface area contributed by atoms with Crippen LogP contribution in [0.2, 0.25) is 0 Å². The monoisotopic (exact) mass is 284 g/mol. The van der Waals surface area contributed by atoms with Gasteiger partial charge in [-0.1, -0.05) is 33.6 Å². The number of amides is 2. The van der Waals surface area contributed by atoms with Gasteiger partial charge in [0.05, 0.1) is 0 Å². The van der Waals surface area contributed by atoms with E-state index in [2.05, 4.69) is 12.2 Å². The average Bonchev–Trinajstić information content (AvgIpc) is 2.61. The number of nitrogens with one attached hydrogen (secondary N) is 1. The molecule has 5 nitrogen and oxygen atoms in total. The van der Waals surface area contributed by atoms with E-state index < -0.39 is 12.0 Å². The molecule has 2 atom stereocenters. The van der Waals surface area contributed by atoms with E-state index in [0.29, 0.717) is 5.92 Å². The molecule has 1 rings (SSSR count). The second kappa shape index (κ2) is 8.12. The molecule has 1 saturated heterocycles. The molecule has 0 bridgehead atoms. The lowest BCUT2D eigenvalue weighted by Gasteiger charge is -2.25. The Hall–Kier alpha value is -1.26. The van der Waals surface area contributed by atoms with Crippen LogP contribution in [0.1, 0.15) is 52.9 Å². The summed E-state index contributed by atoms with van der Waals surface area (Å²) in [7, 11) is 0. The van der Waals surface area contributed by atoms with E-state index >= 15 is 0 Å². The van der Waals surface area contributed by atoms with E-state index in [1.807, 2.05) is 0 Å². The number of nitrogens with zero attached hydrogens (tertiary/aromatic N) is 1. The van der Waals surface area contributed by atoms with E-state index in [0.717, 1.165) is 25.9 Å². The van der Waals surface area contributed by atoms with Crippen molar-refractivity contribution in [3.05, 3.63) is 0 Å². The molecular weight excluding hydrogens is 256 g/mol. The molecule has 0 aromatic rings. The van der Waals surface area contributed by atoms with Gasteiger partial charge in [-0.05, 0) is 31.1 Å². The van der Waals surface area contributed by atoms with Crippen molar-refractivity contribution in [2.75, 3.05) is 13.1 Å². The van der Waals surface area contributed by atoms with Crippen molar-refractivity contribution in [3.63, 3.8) is 0 Å². The molecule has 5 heteroatoms. The van der Waals surface area contributed by atoms with Crippen molar-refractivity contribution < 1.29 is 14.7 Å². The number of likely N-dealkylation sites (tertiary alicyclic amines) is 1. The van der Waals surface area contributed by atoms with Gasteiger partial charge in [-0.3, -0.25) is 0 Å². The molecule has 1 aliphatic rings. The highest BCUT2D eigenvalue weighted by Crippen LogP contribution is 2.22. The first-order chi connectivity index (χ1) is 9.45. The molecule has 1 aliphatic heterocycles. The van der Waals surface area contributed by atoms with Crippen molar-refractivity contribution >= 4 is 12.0 Å². The van der Waals surface area contributed by atoms with Crippen molar-refractivity contribution in [2.45, 2.75) is 58.9 Å². The smallest absolute Gasteiger partial charge is 0.326 e. The number of aliphatic carboxylic acids is 1. The fraction of sp³-hybridized carbons (Fsp3) is 0.867. The highest BCUT2D eigenvalue weighted by atomic mass is 16.4. The zero-order valence-corrected chi connectivity index (χ0v) is 12.9. The normalized spacial score (nSPS) is 21.4. The van der Waals surface area contributed by atoms with Crippen LogP contribution in [0.4, 0.5) is 4.79 Å². The molecule has 116 valence electrons. The van der Waals surface area contributed by atoms with Crippen LogP contribution in [0.15, 0.2) is 0 Å². The van der Waals surface area contributed by atoms with E-state index in [9.17, 15) is 9.59 Å². The molecule has 2 amide bonds. The predicted molar refractivity (Wildman–Crippen MR) is 78.6 cm³/mol. The second-order valence-corrected chi connectivity index (χ2v) is 6.08. The summed E-state index contributed by atoms with van der Waals surface area (Å²) >= 11 is 0. The lowest BCUT2D eigenvalue weighted by molar-refractivity contribution is -0.140. The predicted octanol–water partition coefficient (Wildman–Crippen LogP) is 2.71. The number of urea groups is 1. The summed E-state index contributed by atoms with van der Waals surface area (Å²) in [5, 5.41) is 11.8. The maximum atomic E-state index is 12.2. The van der Waals surface area contributed by atoms with Crippen molar-refractivity contribution in [1.82, 2.24) is 10.2 Å². The van der Waals surface area contributed by atoms with Crippen LogP contribution in [0.3, 0.4) is 0 Å². The number of carbonyl (C=O) groups excluding carboxylic acids is 1. The molecule has 20 heavy (non-hydrogen) atoms. The minimum atomic E-state index is -0.966. The van der Waals surface area contributed by atoms with Crippen LogP contribution < -0.4 is 5.32 Å². The van der Waals surface area contributed by atoms with Gasteiger partial charge < -0.3 is 15.3 Å². The third-order valence-corrected chi connectivity index (χ3v) is 4.04. The number of hydrogen-bond acceptors (Lipinski definition) is 2. The number of carboxylic acids is 1. The Morgan fingerprint density at radius 3 is 2.55 bits per heavy atom. The van der Waals surface area contributed by atoms with Crippen LogP contribution in [-0.4, -0.2) is 41.1 Å². The maximum Gasteiger partial charge on any atom is 0.326 e. The van der Waals surface area contributed by atoms with Gasteiger partial charge in [-0.2, -0.15) is 0 Å². The number of carboxylic acid groups (broad SMARTS) is 1. The quantitative estimate of drug-likeness (QED) is 0.815. The van der Waals surface area contributed by atoms with Gasteiger partial charge in [0.2, 0.25) is 0 Å². The molecule has 1 heterocycles. The first kappa shape index (κ1) is 16.8. The Kier molecular flexibility index (Phi) is 6.82. The minimum Gasteiger partial charge on any atom is -0.480 e. The molecule has 1 unspecified atom stereocenters. The van der Waals surface area contributed by atoms with Gasteiger partial charge in [0, 0.05) is 13.1 Å². The van der Waals surface area contributed by atoms with Crippen molar-refractivity contribution in [2.24, 2.45) is 11.8 Å². The van der Waals surface area contributed by atoms with Gasteiger partial charge in [0.1, 0.15) is 6.04 Å². The van der Waals surface area contributed by atoms with Crippen LogP contribution >= 0.6 is 0 Å². The summed E-state index contributed by atoms with van der Waals surface area (Å²) in [6.07, 6.45) is 5.62. The zero-order chi connectivity index (χ0) is 15.1. The largest absolute Gasteiger partial charge is 0.480 e. The first-order valence-electron chi connectivity index (χ1n) is 7.74. The molecule has 0 radical (unpaired) electrons. The van der Waals surface area contributed by atoms with Crippen LogP contribution in [0.5, 0.6) is 0 Å². The Balaban J connectivity index is 2.52. The van der Waals surface area contributed by atoms with Crippen molar-refractivity contribution in [3.8, 4) is 0 Å². The fourth-order valence-electron chi connectivity index (χ4n) is 2.80. The molecule has 0 spiro atoms. The van der Waals surface area contributed by atoms with E-state index in [4.69, 9.17) is 5.11 Å². The maximum absolute atomic E-state index is 12.2. The van der Waals surface area contributed by atoms with E-state index in [1.54, 1.807) is 18.7 Å². The molecule has 0 aliphatic carbocycles. The van der Waals surface area contributed by atoms with Crippen LogP contribution in [0, 0.1) is 11.8 Å². The van der Waals surface area contributed by atoms with Crippen LogP contribution in [0.25, 0.3) is 0 Å². The average molecular weight is 284 g/mol. The number of carbonyl (C=O) groups is 2. The van der Waals surface area contributed by atoms with E-state index in [-0.39, 0.29) is 11.9 Å². The molecule has 2 N–H and O–H groups in total. The third-order valence-electron chi connectivity index (χ3n) is 4.04. The van der Waals surface area contributed by atoms with Crippen molar-refractivity contribution in [1.29, 1.82) is 0 Å². The van der Waals surface area contributed by atoms with Gasteiger partial charge in [-0.25, -0.2) is 9.59 Å². The summed E-state index contributed by atoms with van der Waals surface area (Å²) in [6, 6.07) is -1.04. The standard InChI is InChI=1S/C15H28N2O3/c1-4-6-12-7-5-9-17(10-8-12)15(20)16-13(11(2)3)14(18)19/h11-13H,4-10H2,1-3H3,(H,16,20)(H,18,19)/t12?,13-/m1/s1. The first-order valence-corrected chi connectivity index (χ1v) is 7.74. The Morgan fingerprint density at radius 1 is 1.30 bits per heavy atom. The minimum absolute atomic E-state index is 0.115. The molecular formula is C15H28N2O3. The lowest BCUT2D eigenvalue weighted by atomic mass is 9.96. The molecule has 0 saturated carbocycles. The van der Waals surface area contributed by atoms with Gasteiger partial charge >= 0.3 is 12.0 Å². The highest BCUT2D eigenvalue weighted by molar-refractivity contribution is 5.82. The second-order valence-electron chi connectivity index (χ2n) is 6.08. The van der Waals surface area contributed by atoms with Gasteiger partial charge in [-0.15, -0.1) is 0 Å². The summed E-state index contributed by atoms with van der Waals surface area (Å²) in [6.45, 7) is 7.27. The Bertz CT molecular complexity index is 331. The zero-order valence-electron chi connectivity index (χ0n) is 12.9. The fourth-order valence-corrected chi connectivity index (χ4v) is 2.80. The molecule has 1 fully saturated rings. The SMILES string of the molecule is CCCC1CCCN(C(=O)N[C@@H](C(=O)O)C(C)C)CC1. The summed E-state index contributed by atoms with van der Waals surface area (Å²) < 4.78 is 0. The lowest BCUT2D eigenvalue weighted by Crippen LogP contribution is -2.50. The Morgan fingerprint density at radius 2 is 2.00 bits per heavy atom. The Labute approximate surface area is 121 Å². The van der Waals surface area contributed by atoms with E-state index in [1.165, 1.54) is 19.3 Å². The molecule has 0 aromatic carbocycles. The molecule has 0 aromatic heterocycles.